The molecule has 1 aromatic carbocycles. The molecular weight excluding hydrogens is 260 g/mol. The van der Waals surface area contributed by atoms with Crippen LogP contribution in [0.25, 0.3) is 0 Å². The van der Waals surface area contributed by atoms with Crippen molar-refractivity contribution in [2.45, 2.75) is 52.1 Å². The molecule has 0 aromatic heterocycles. The largest absolute Gasteiger partial charge is 0.396 e. The Morgan fingerprint density at radius 2 is 2.05 bits per heavy atom. The number of hydrogen-bond acceptors (Lipinski definition) is 3. The van der Waals surface area contributed by atoms with Crippen LogP contribution in [0.3, 0.4) is 0 Å². The van der Waals surface area contributed by atoms with Crippen LogP contribution in [0.1, 0.15) is 45.1 Å². The van der Waals surface area contributed by atoms with Gasteiger partial charge in [-0.05, 0) is 55.8 Å². The first-order valence-electron chi connectivity index (χ1n) is 8.38. The minimum absolute atomic E-state index is 0.310. The fourth-order valence-electron chi connectivity index (χ4n) is 3.11. The van der Waals surface area contributed by atoms with E-state index in [-0.39, 0.29) is 0 Å². The number of anilines is 1. The first-order valence-corrected chi connectivity index (χ1v) is 8.38. The van der Waals surface area contributed by atoms with Crippen LogP contribution in [0.4, 0.5) is 5.69 Å². The van der Waals surface area contributed by atoms with Crippen molar-refractivity contribution in [2.75, 3.05) is 24.6 Å². The van der Waals surface area contributed by atoms with Crippen LogP contribution in [-0.2, 0) is 6.54 Å². The molecule has 118 valence electrons. The van der Waals surface area contributed by atoms with Crippen LogP contribution >= 0.6 is 0 Å². The van der Waals surface area contributed by atoms with Crippen LogP contribution in [0.15, 0.2) is 24.3 Å². The SMILES string of the molecule is CC(C)CNCc1ccc(N2CCCC2CCCO)cc1. The van der Waals surface area contributed by atoms with Gasteiger partial charge in [0.15, 0.2) is 0 Å². The fraction of sp³-hybridized carbons (Fsp3) is 0.667. The number of nitrogens with zero attached hydrogens (tertiary/aromatic N) is 1. The van der Waals surface area contributed by atoms with Gasteiger partial charge in [-0.15, -0.1) is 0 Å². The summed E-state index contributed by atoms with van der Waals surface area (Å²) in [6.07, 6.45) is 4.55. The quantitative estimate of drug-likeness (QED) is 0.772. The molecule has 1 fully saturated rings. The molecule has 0 saturated carbocycles. The van der Waals surface area contributed by atoms with Gasteiger partial charge in [0.05, 0.1) is 0 Å². The van der Waals surface area contributed by atoms with Crippen LogP contribution in [-0.4, -0.2) is 30.8 Å². The zero-order valence-corrected chi connectivity index (χ0v) is 13.5. The Morgan fingerprint density at radius 3 is 2.71 bits per heavy atom. The van der Waals surface area contributed by atoms with Crippen molar-refractivity contribution < 1.29 is 5.11 Å². The van der Waals surface area contributed by atoms with Gasteiger partial charge in [0.25, 0.3) is 0 Å². The molecule has 0 amide bonds. The van der Waals surface area contributed by atoms with E-state index >= 15 is 0 Å². The number of rotatable bonds is 8. The van der Waals surface area contributed by atoms with Crippen molar-refractivity contribution in [3.05, 3.63) is 29.8 Å². The lowest BCUT2D eigenvalue weighted by atomic mass is 10.1. The molecule has 1 aromatic rings. The van der Waals surface area contributed by atoms with Crippen molar-refractivity contribution in [1.82, 2.24) is 5.32 Å². The second-order valence-corrected chi connectivity index (χ2v) is 6.55. The molecule has 2 N–H and O–H groups in total. The van der Waals surface area contributed by atoms with Crippen molar-refractivity contribution in [3.63, 3.8) is 0 Å². The molecule has 0 bridgehead atoms. The summed E-state index contributed by atoms with van der Waals surface area (Å²) in [6.45, 7) is 7.95. The van der Waals surface area contributed by atoms with Gasteiger partial charge in [-0.3, -0.25) is 0 Å². The average molecular weight is 290 g/mol. The molecule has 3 nitrogen and oxygen atoms in total. The minimum Gasteiger partial charge on any atom is -0.396 e. The van der Waals surface area contributed by atoms with E-state index in [1.54, 1.807) is 0 Å². The first-order chi connectivity index (χ1) is 10.2. The second kappa shape index (κ2) is 8.40. The van der Waals surface area contributed by atoms with Crippen molar-refractivity contribution in [2.24, 2.45) is 5.92 Å². The Bertz CT molecular complexity index is 402. The van der Waals surface area contributed by atoms with Gasteiger partial charge in [-0.1, -0.05) is 26.0 Å². The number of benzene rings is 1. The molecule has 0 radical (unpaired) electrons. The average Bonchev–Trinajstić information content (AvgIpc) is 2.94. The minimum atomic E-state index is 0.310. The third-order valence-electron chi connectivity index (χ3n) is 4.22. The molecule has 2 rings (SSSR count). The summed E-state index contributed by atoms with van der Waals surface area (Å²) in [5.74, 6) is 0.696. The normalized spacial score (nSPS) is 18.7. The van der Waals surface area contributed by atoms with Gasteiger partial charge in [0.1, 0.15) is 0 Å². The van der Waals surface area contributed by atoms with Crippen LogP contribution in [0.2, 0.25) is 0 Å². The maximum absolute atomic E-state index is 9.02. The van der Waals surface area contributed by atoms with E-state index in [9.17, 15) is 0 Å². The zero-order valence-electron chi connectivity index (χ0n) is 13.5. The summed E-state index contributed by atoms with van der Waals surface area (Å²) in [5, 5.41) is 12.5. The first kappa shape index (κ1) is 16.3. The van der Waals surface area contributed by atoms with E-state index < -0.39 is 0 Å². The van der Waals surface area contributed by atoms with E-state index in [0.29, 0.717) is 18.6 Å². The summed E-state index contributed by atoms with van der Waals surface area (Å²) >= 11 is 0. The van der Waals surface area contributed by atoms with Crippen LogP contribution in [0.5, 0.6) is 0 Å². The van der Waals surface area contributed by atoms with Gasteiger partial charge in [-0.25, -0.2) is 0 Å². The van der Waals surface area contributed by atoms with Crippen LogP contribution < -0.4 is 10.2 Å². The molecular formula is C18H30N2O. The van der Waals surface area contributed by atoms with Gasteiger partial charge < -0.3 is 15.3 Å². The Balaban J connectivity index is 1.88. The predicted octanol–water partition coefficient (Wildman–Crippen LogP) is 3.17. The Kier molecular flexibility index (Phi) is 6.52. The molecule has 1 saturated heterocycles. The maximum Gasteiger partial charge on any atom is 0.0431 e. The highest BCUT2D eigenvalue weighted by Gasteiger charge is 2.23. The number of nitrogens with one attached hydrogen (secondary N) is 1. The summed E-state index contributed by atoms with van der Waals surface area (Å²) in [6, 6.07) is 9.60. The summed E-state index contributed by atoms with van der Waals surface area (Å²) in [7, 11) is 0. The van der Waals surface area contributed by atoms with E-state index in [2.05, 4.69) is 48.3 Å². The lowest BCUT2D eigenvalue weighted by molar-refractivity contribution is 0.279. The Morgan fingerprint density at radius 1 is 1.29 bits per heavy atom. The zero-order chi connectivity index (χ0) is 15.1. The van der Waals surface area contributed by atoms with Gasteiger partial charge >= 0.3 is 0 Å². The monoisotopic (exact) mass is 290 g/mol. The summed E-state index contributed by atoms with van der Waals surface area (Å²) in [5.41, 5.74) is 2.69. The highest BCUT2D eigenvalue weighted by atomic mass is 16.2. The van der Waals surface area contributed by atoms with E-state index in [4.69, 9.17) is 5.11 Å². The summed E-state index contributed by atoms with van der Waals surface area (Å²) in [4.78, 5) is 2.51. The van der Waals surface area contributed by atoms with Crippen molar-refractivity contribution in [1.29, 1.82) is 0 Å². The highest BCUT2D eigenvalue weighted by Crippen LogP contribution is 2.28. The standard InChI is InChI=1S/C18H30N2O/c1-15(2)13-19-14-16-7-9-18(10-8-16)20-11-3-5-17(20)6-4-12-21/h7-10,15,17,19,21H,3-6,11-14H2,1-2H3. The smallest absolute Gasteiger partial charge is 0.0431 e. The molecule has 1 aliphatic rings. The van der Waals surface area contributed by atoms with E-state index in [1.807, 2.05) is 0 Å². The second-order valence-electron chi connectivity index (χ2n) is 6.55. The Hall–Kier alpha value is -1.06. The third-order valence-corrected chi connectivity index (χ3v) is 4.22. The topological polar surface area (TPSA) is 35.5 Å². The third kappa shape index (κ3) is 5.01. The molecule has 1 unspecified atom stereocenters. The molecule has 0 spiro atoms. The molecule has 1 heterocycles. The lowest BCUT2D eigenvalue weighted by Gasteiger charge is -2.27. The van der Waals surface area contributed by atoms with E-state index in [0.717, 1.165) is 32.5 Å². The fourth-order valence-corrected chi connectivity index (χ4v) is 3.11. The number of aliphatic hydroxyl groups excluding tert-OH is 1. The van der Waals surface area contributed by atoms with Crippen molar-refractivity contribution >= 4 is 5.69 Å². The summed E-state index contributed by atoms with van der Waals surface area (Å²) < 4.78 is 0. The number of hydrogen-bond donors (Lipinski definition) is 2. The van der Waals surface area contributed by atoms with E-state index in [1.165, 1.54) is 24.1 Å². The molecule has 1 aliphatic heterocycles. The molecule has 3 heteroatoms. The molecule has 21 heavy (non-hydrogen) atoms. The van der Waals surface area contributed by atoms with Crippen LogP contribution in [0, 0.1) is 5.92 Å². The van der Waals surface area contributed by atoms with Crippen molar-refractivity contribution in [3.8, 4) is 0 Å². The molecule has 1 atom stereocenters. The van der Waals surface area contributed by atoms with Gasteiger partial charge in [0, 0.05) is 31.4 Å². The van der Waals surface area contributed by atoms with Gasteiger partial charge in [-0.2, -0.15) is 0 Å². The Labute approximate surface area is 129 Å². The maximum atomic E-state index is 9.02. The predicted molar refractivity (Wildman–Crippen MR) is 89.7 cm³/mol. The molecule has 0 aliphatic carbocycles. The highest BCUT2D eigenvalue weighted by molar-refractivity contribution is 5.49. The number of aliphatic hydroxyl groups is 1. The lowest BCUT2D eigenvalue weighted by Crippen LogP contribution is -2.29. The van der Waals surface area contributed by atoms with Gasteiger partial charge in [0.2, 0.25) is 0 Å².